The predicted molar refractivity (Wildman–Crippen MR) is 112 cm³/mol. The van der Waals surface area contributed by atoms with Crippen LogP contribution in [0.25, 0.3) is 0 Å². The molecule has 2 rings (SSSR count). The van der Waals surface area contributed by atoms with Gasteiger partial charge in [-0.1, -0.05) is 0 Å². The number of nitriles is 1. The molecule has 0 radical (unpaired) electrons. The van der Waals surface area contributed by atoms with E-state index in [-0.39, 0.29) is 17.9 Å². The quantitative estimate of drug-likeness (QED) is 0.245. The van der Waals surface area contributed by atoms with Crippen molar-refractivity contribution in [3.05, 3.63) is 33.9 Å². The first-order valence-electron chi connectivity index (χ1n) is 9.03. The number of benzene rings is 1. The second kappa shape index (κ2) is 9.88. The number of sulfone groups is 1. The Morgan fingerprint density at radius 1 is 1.34 bits per heavy atom. The summed E-state index contributed by atoms with van der Waals surface area (Å²) < 4.78 is 34.5. The summed E-state index contributed by atoms with van der Waals surface area (Å²) in [7, 11) is -0.659. The molecule has 1 N–H and O–H groups in total. The van der Waals surface area contributed by atoms with Gasteiger partial charge in [0, 0.05) is 26.4 Å². The Morgan fingerprint density at radius 3 is 2.56 bits per heavy atom. The monoisotopic (exact) mass is 464 g/mol. The molecule has 2 aromatic rings. The summed E-state index contributed by atoms with van der Waals surface area (Å²) in [5.41, 5.74) is -0.154. The molecule has 1 heterocycles. The van der Waals surface area contributed by atoms with Crippen LogP contribution in [-0.4, -0.2) is 62.8 Å². The first-order chi connectivity index (χ1) is 15.0. The predicted octanol–water partition coefficient (Wildman–Crippen LogP) is 1.49. The van der Waals surface area contributed by atoms with Crippen LogP contribution >= 0.6 is 0 Å². The maximum Gasteiger partial charge on any atom is 0.373 e. The van der Waals surface area contributed by atoms with Gasteiger partial charge < -0.3 is 19.7 Å². The van der Waals surface area contributed by atoms with Crippen molar-refractivity contribution in [3.63, 3.8) is 0 Å². The lowest BCUT2D eigenvalue weighted by molar-refractivity contribution is -0.385. The van der Waals surface area contributed by atoms with E-state index in [2.05, 4.69) is 15.3 Å². The summed E-state index contributed by atoms with van der Waals surface area (Å²) >= 11 is 0. The third-order valence-electron chi connectivity index (χ3n) is 3.83. The van der Waals surface area contributed by atoms with Gasteiger partial charge in [-0.25, -0.2) is 8.42 Å². The number of rotatable bonds is 9. The average molecular weight is 464 g/mol. The van der Waals surface area contributed by atoms with Gasteiger partial charge in [0.1, 0.15) is 6.54 Å². The number of ether oxygens (including phenoxy) is 2. The van der Waals surface area contributed by atoms with Crippen LogP contribution in [0.5, 0.6) is 11.6 Å². The Kier molecular flexibility index (Phi) is 7.50. The van der Waals surface area contributed by atoms with Gasteiger partial charge in [-0.05, 0) is 19.1 Å². The summed E-state index contributed by atoms with van der Waals surface area (Å²) in [5.74, 6) is -1.95. The molecular weight excluding hydrogens is 444 g/mol. The first-order valence-corrected chi connectivity index (χ1v) is 10.9. The fraction of sp³-hybridized carbons (Fsp3) is 0.333. The number of aromatic nitrogens is 2. The molecule has 0 unspecified atom stereocenters. The number of nitrogens with one attached hydrogen (secondary N) is 1. The number of carbonyl (C=O) groups is 1. The van der Waals surface area contributed by atoms with E-state index < -0.39 is 49.8 Å². The molecule has 13 nitrogen and oxygen atoms in total. The van der Waals surface area contributed by atoms with Gasteiger partial charge in [-0.15, -0.1) is 0 Å². The van der Waals surface area contributed by atoms with Gasteiger partial charge in [-0.3, -0.25) is 14.9 Å². The first kappa shape index (κ1) is 24.3. The summed E-state index contributed by atoms with van der Waals surface area (Å²) in [4.78, 5) is 31.6. The molecule has 1 aromatic heterocycles. The molecule has 0 aliphatic carbocycles. The highest BCUT2D eigenvalue weighted by Crippen LogP contribution is 2.39. The number of anilines is 2. The number of hydrogen-bond donors (Lipinski definition) is 1. The molecule has 0 aliphatic heterocycles. The maximum atomic E-state index is 12.1. The molecule has 0 saturated carbocycles. The Balaban J connectivity index is 2.68. The number of nitrogens with zero attached hydrogens (tertiary/aromatic N) is 5. The fourth-order valence-corrected chi connectivity index (χ4v) is 2.95. The number of hydrogen-bond acceptors (Lipinski definition) is 12. The molecule has 0 saturated heterocycles. The van der Waals surface area contributed by atoms with Crippen molar-refractivity contribution < 1.29 is 27.6 Å². The van der Waals surface area contributed by atoms with Crippen LogP contribution in [0.2, 0.25) is 0 Å². The van der Waals surface area contributed by atoms with Gasteiger partial charge >= 0.3 is 17.5 Å². The van der Waals surface area contributed by atoms with Crippen LogP contribution in [0.3, 0.4) is 0 Å². The van der Waals surface area contributed by atoms with Gasteiger partial charge in [0.2, 0.25) is 15.7 Å². The van der Waals surface area contributed by atoms with E-state index in [1.54, 1.807) is 32.0 Å². The highest BCUT2D eigenvalue weighted by Gasteiger charge is 2.30. The number of carbonyl (C=O) groups excluding carboxylic acids is 1. The van der Waals surface area contributed by atoms with Gasteiger partial charge in [0.05, 0.1) is 28.9 Å². The van der Waals surface area contributed by atoms with Crippen molar-refractivity contribution in [1.29, 1.82) is 5.26 Å². The molecule has 32 heavy (non-hydrogen) atoms. The zero-order valence-corrected chi connectivity index (χ0v) is 18.5. The molecule has 0 bridgehead atoms. The Labute approximate surface area is 183 Å². The molecule has 0 spiro atoms. The van der Waals surface area contributed by atoms with Gasteiger partial charge in [0.25, 0.3) is 5.16 Å². The highest BCUT2D eigenvalue weighted by atomic mass is 32.2. The molecule has 0 aliphatic rings. The highest BCUT2D eigenvalue weighted by molar-refractivity contribution is 7.90. The minimum atomic E-state index is -4.01. The van der Waals surface area contributed by atoms with Crippen molar-refractivity contribution in [2.45, 2.75) is 12.1 Å². The SMILES string of the molecule is CCOC(=O)CNc1nc(S(C)(=O)=O)nc(Oc2cc(C#N)ccc2N(C)C)c1[N+](=O)[O-]. The third kappa shape index (κ3) is 5.79. The lowest BCUT2D eigenvalue weighted by atomic mass is 10.2. The Hall–Kier alpha value is -3.99. The molecule has 14 heteroatoms. The summed E-state index contributed by atoms with van der Waals surface area (Å²) in [5, 5.41) is 22.6. The van der Waals surface area contributed by atoms with Crippen LogP contribution in [-0.2, 0) is 19.4 Å². The zero-order valence-electron chi connectivity index (χ0n) is 17.6. The largest absolute Gasteiger partial charge is 0.465 e. The van der Waals surface area contributed by atoms with Gasteiger partial charge in [-0.2, -0.15) is 15.2 Å². The zero-order chi connectivity index (χ0) is 24.1. The normalized spacial score (nSPS) is 10.7. The standard InChI is InChI=1S/C18H20N6O7S/c1-5-30-14(25)10-20-16-15(24(26)27)17(22-18(21-16)32(4,28)29)31-13-8-11(9-19)6-7-12(13)23(2)3/h6-8H,5,10H2,1-4H3,(H,20,21,22). The van der Waals surface area contributed by atoms with Crippen LogP contribution in [0.1, 0.15) is 12.5 Å². The van der Waals surface area contributed by atoms with Gasteiger partial charge in [0.15, 0.2) is 5.75 Å². The van der Waals surface area contributed by atoms with E-state index in [1.807, 2.05) is 6.07 Å². The topological polar surface area (TPSA) is 178 Å². The summed E-state index contributed by atoms with van der Waals surface area (Å²) in [6.07, 6.45) is 0.814. The minimum Gasteiger partial charge on any atom is -0.465 e. The lowest BCUT2D eigenvalue weighted by Gasteiger charge is -2.18. The van der Waals surface area contributed by atoms with E-state index >= 15 is 0 Å². The summed E-state index contributed by atoms with van der Waals surface area (Å²) in [6, 6.07) is 6.32. The molecule has 0 fully saturated rings. The number of esters is 1. The lowest BCUT2D eigenvalue weighted by Crippen LogP contribution is -2.19. The summed E-state index contributed by atoms with van der Waals surface area (Å²) in [6.45, 7) is 1.15. The smallest absolute Gasteiger partial charge is 0.373 e. The van der Waals surface area contributed by atoms with Crippen molar-refractivity contribution >= 4 is 33.0 Å². The van der Waals surface area contributed by atoms with E-state index in [1.165, 1.54) is 12.1 Å². The van der Waals surface area contributed by atoms with E-state index in [0.29, 0.717) is 5.69 Å². The molecule has 0 atom stereocenters. The minimum absolute atomic E-state index is 0.0200. The number of nitro groups is 1. The fourth-order valence-electron chi connectivity index (χ4n) is 2.45. The molecule has 1 aromatic carbocycles. The van der Waals surface area contributed by atoms with Crippen LogP contribution < -0.4 is 15.0 Å². The van der Waals surface area contributed by atoms with E-state index in [9.17, 15) is 28.6 Å². The van der Waals surface area contributed by atoms with Crippen LogP contribution in [0, 0.1) is 21.4 Å². The van der Waals surface area contributed by atoms with Crippen molar-refractivity contribution in [3.8, 4) is 17.7 Å². The van der Waals surface area contributed by atoms with E-state index in [4.69, 9.17) is 9.47 Å². The third-order valence-corrected chi connectivity index (χ3v) is 4.67. The average Bonchev–Trinajstić information content (AvgIpc) is 2.70. The van der Waals surface area contributed by atoms with Crippen molar-refractivity contribution in [1.82, 2.24) is 9.97 Å². The van der Waals surface area contributed by atoms with Crippen LogP contribution in [0.4, 0.5) is 17.2 Å². The molecule has 170 valence electrons. The Bertz CT molecular complexity index is 1190. The second-order valence-corrected chi connectivity index (χ2v) is 8.40. The van der Waals surface area contributed by atoms with Crippen molar-refractivity contribution in [2.75, 3.05) is 43.7 Å². The maximum absolute atomic E-state index is 12.1. The van der Waals surface area contributed by atoms with Crippen molar-refractivity contribution in [2.24, 2.45) is 0 Å². The van der Waals surface area contributed by atoms with Crippen LogP contribution in [0.15, 0.2) is 23.4 Å². The van der Waals surface area contributed by atoms with E-state index in [0.717, 1.165) is 6.26 Å². The second-order valence-electron chi connectivity index (χ2n) is 6.49. The molecular formula is C18H20N6O7S. The Morgan fingerprint density at radius 2 is 2.03 bits per heavy atom. The molecule has 0 amide bonds.